The highest BCUT2D eigenvalue weighted by atomic mass is 35.5. The lowest BCUT2D eigenvalue weighted by atomic mass is 10.1. The Kier molecular flexibility index (Phi) is 6.88. The van der Waals surface area contributed by atoms with Gasteiger partial charge in [-0.3, -0.25) is 9.36 Å². The normalized spacial score (nSPS) is 26.7. The summed E-state index contributed by atoms with van der Waals surface area (Å²) in [6, 6.07) is 6.84. The van der Waals surface area contributed by atoms with Crippen LogP contribution in [0.1, 0.15) is 16.2 Å². The molecule has 1 aliphatic rings. The maximum Gasteiger partial charge on any atom is 0.287 e. The second-order valence-electron chi connectivity index (χ2n) is 6.14. The van der Waals surface area contributed by atoms with E-state index in [2.05, 4.69) is 10.3 Å². The van der Waals surface area contributed by atoms with Gasteiger partial charge in [0.05, 0.1) is 6.20 Å². The SMILES string of the molecule is Cl.NC[C@H]1O[C@@](O)(n2c(N)cnc2C(=O)NCc2ccc(Cl)cc2)[C@H](O)[C@@H]1O. The molecule has 2 aromatic rings. The van der Waals surface area contributed by atoms with Gasteiger partial charge in [0.15, 0.2) is 6.10 Å². The number of rotatable bonds is 5. The number of benzene rings is 1. The van der Waals surface area contributed by atoms with Crippen LogP contribution in [0.5, 0.6) is 0 Å². The molecule has 0 spiro atoms. The summed E-state index contributed by atoms with van der Waals surface area (Å²) >= 11 is 5.82. The van der Waals surface area contributed by atoms with Crippen LogP contribution in [-0.2, 0) is 17.2 Å². The number of nitrogens with zero attached hydrogens (tertiary/aromatic N) is 2. The highest BCUT2D eigenvalue weighted by Crippen LogP contribution is 2.35. The zero-order valence-electron chi connectivity index (χ0n) is 14.5. The number of hydrogen-bond acceptors (Lipinski definition) is 8. The van der Waals surface area contributed by atoms with Crippen LogP contribution in [0, 0.1) is 0 Å². The second kappa shape index (κ2) is 8.62. The first-order valence-corrected chi connectivity index (χ1v) is 8.48. The third kappa shape index (κ3) is 3.94. The zero-order chi connectivity index (χ0) is 19.8. The predicted molar refractivity (Wildman–Crippen MR) is 103 cm³/mol. The Morgan fingerprint density at radius 2 is 2.00 bits per heavy atom. The number of aliphatic hydroxyl groups is 3. The van der Waals surface area contributed by atoms with E-state index in [-0.39, 0.29) is 37.1 Å². The molecule has 1 aromatic carbocycles. The number of nitrogens with two attached hydrogens (primary N) is 2. The minimum Gasteiger partial charge on any atom is -0.387 e. The van der Waals surface area contributed by atoms with Crippen molar-refractivity contribution < 1.29 is 24.9 Å². The van der Waals surface area contributed by atoms with E-state index in [9.17, 15) is 20.1 Å². The Labute approximate surface area is 171 Å². The first-order valence-electron chi connectivity index (χ1n) is 8.10. The van der Waals surface area contributed by atoms with Gasteiger partial charge in [-0.05, 0) is 17.7 Å². The Morgan fingerprint density at radius 1 is 1.36 bits per heavy atom. The van der Waals surface area contributed by atoms with Crippen LogP contribution in [-0.4, -0.2) is 55.6 Å². The van der Waals surface area contributed by atoms with Gasteiger partial charge in [0.1, 0.15) is 18.0 Å². The number of nitrogens with one attached hydrogen (secondary N) is 1. The van der Waals surface area contributed by atoms with Crippen molar-refractivity contribution in [1.82, 2.24) is 14.9 Å². The number of carbonyl (C=O) groups is 1. The average Bonchev–Trinajstić information content (AvgIpc) is 3.15. The molecule has 1 amide bonds. The number of ether oxygens (including phenoxy) is 1. The van der Waals surface area contributed by atoms with Crippen LogP contribution >= 0.6 is 24.0 Å². The molecule has 4 atom stereocenters. The van der Waals surface area contributed by atoms with Crippen LogP contribution in [0.2, 0.25) is 5.02 Å². The number of hydrogen-bond donors (Lipinski definition) is 6. The topological polar surface area (TPSA) is 169 Å². The van der Waals surface area contributed by atoms with Crippen molar-refractivity contribution in [3.05, 3.63) is 46.9 Å². The maximum atomic E-state index is 12.5. The molecular formula is C16H21Cl2N5O5. The van der Waals surface area contributed by atoms with E-state index < -0.39 is 30.1 Å². The van der Waals surface area contributed by atoms with E-state index in [4.69, 9.17) is 27.8 Å². The molecule has 0 saturated carbocycles. The number of nitrogen functional groups attached to an aromatic ring is 1. The molecular weight excluding hydrogens is 413 g/mol. The number of carbonyl (C=O) groups excluding carboxylic acids is 1. The lowest BCUT2D eigenvalue weighted by molar-refractivity contribution is -0.285. The van der Waals surface area contributed by atoms with Gasteiger partial charge in [-0.2, -0.15) is 0 Å². The minimum atomic E-state index is -2.49. The van der Waals surface area contributed by atoms with E-state index in [1.807, 2.05) is 0 Å². The number of aliphatic hydroxyl groups excluding tert-OH is 2. The number of aromatic nitrogens is 2. The molecule has 3 rings (SSSR count). The van der Waals surface area contributed by atoms with Gasteiger partial charge in [0, 0.05) is 18.1 Å². The fourth-order valence-corrected chi connectivity index (χ4v) is 3.01. The van der Waals surface area contributed by atoms with E-state index in [1.54, 1.807) is 24.3 Å². The summed E-state index contributed by atoms with van der Waals surface area (Å²) in [4.78, 5) is 16.4. The van der Waals surface area contributed by atoms with Gasteiger partial charge in [0.25, 0.3) is 11.8 Å². The first kappa shape index (κ1) is 22.4. The molecule has 0 bridgehead atoms. The second-order valence-corrected chi connectivity index (χ2v) is 6.57. The number of anilines is 1. The fourth-order valence-electron chi connectivity index (χ4n) is 2.89. The molecule has 154 valence electrons. The Morgan fingerprint density at radius 3 is 2.57 bits per heavy atom. The van der Waals surface area contributed by atoms with Crippen LogP contribution in [0.4, 0.5) is 5.82 Å². The van der Waals surface area contributed by atoms with Gasteiger partial charge in [-0.25, -0.2) is 4.98 Å². The summed E-state index contributed by atoms with van der Waals surface area (Å²) in [5.74, 6) is -3.60. The van der Waals surface area contributed by atoms with Gasteiger partial charge in [-0.1, -0.05) is 23.7 Å². The first-order chi connectivity index (χ1) is 12.8. The van der Waals surface area contributed by atoms with Crippen molar-refractivity contribution in [2.24, 2.45) is 5.73 Å². The molecule has 1 saturated heterocycles. The minimum absolute atomic E-state index is 0. The van der Waals surface area contributed by atoms with Gasteiger partial charge >= 0.3 is 0 Å². The van der Waals surface area contributed by atoms with Crippen LogP contribution in [0.25, 0.3) is 0 Å². The number of imidazole rings is 1. The summed E-state index contributed by atoms with van der Waals surface area (Å²) in [5, 5.41) is 34.2. The molecule has 1 aromatic heterocycles. The fraction of sp³-hybridized carbons (Fsp3) is 0.375. The molecule has 10 nitrogen and oxygen atoms in total. The largest absolute Gasteiger partial charge is 0.387 e. The van der Waals surface area contributed by atoms with Gasteiger partial charge < -0.3 is 36.8 Å². The van der Waals surface area contributed by atoms with Gasteiger partial charge in [0.2, 0.25) is 5.82 Å². The molecule has 0 aliphatic carbocycles. The molecule has 0 unspecified atom stereocenters. The van der Waals surface area contributed by atoms with Crippen LogP contribution in [0.3, 0.4) is 0 Å². The smallest absolute Gasteiger partial charge is 0.287 e. The molecule has 12 heteroatoms. The monoisotopic (exact) mass is 433 g/mol. The highest BCUT2D eigenvalue weighted by Gasteiger charge is 2.56. The van der Waals surface area contributed by atoms with Crippen molar-refractivity contribution in [3.8, 4) is 0 Å². The summed E-state index contributed by atoms with van der Waals surface area (Å²) < 4.78 is 6.12. The molecule has 1 aliphatic heterocycles. The lowest BCUT2D eigenvalue weighted by Gasteiger charge is -2.29. The van der Waals surface area contributed by atoms with E-state index >= 15 is 0 Å². The van der Waals surface area contributed by atoms with Crippen molar-refractivity contribution in [3.63, 3.8) is 0 Å². The Hall–Kier alpha value is -1.92. The molecule has 0 radical (unpaired) electrons. The van der Waals surface area contributed by atoms with E-state index in [0.29, 0.717) is 5.02 Å². The summed E-state index contributed by atoms with van der Waals surface area (Å²) in [6.07, 6.45) is -3.16. The van der Waals surface area contributed by atoms with E-state index in [1.165, 1.54) is 0 Å². The predicted octanol–water partition coefficient (Wildman–Crippen LogP) is -0.848. The average molecular weight is 434 g/mol. The Balaban J connectivity index is 0.00000280. The molecule has 1 fully saturated rings. The molecule has 8 N–H and O–H groups in total. The summed E-state index contributed by atoms with van der Waals surface area (Å²) in [7, 11) is 0. The van der Waals surface area contributed by atoms with Crippen molar-refractivity contribution in [2.45, 2.75) is 30.8 Å². The quantitative estimate of drug-likeness (QED) is 0.354. The molecule has 2 heterocycles. The van der Waals surface area contributed by atoms with Crippen molar-refractivity contribution in [1.29, 1.82) is 0 Å². The third-order valence-electron chi connectivity index (χ3n) is 4.33. The number of amides is 1. The van der Waals surface area contributed by atoms with Crippen LogP contribution in [0.15, 0.2) is 30.5 Å². The van der Waals surface area contributed by atoms with Gasteiger partial charge in [-0.15, -0.1) is 12.4 Å². The highest BCUT2D eigenvalue weighted by molar-refractivity contribution is 6.30. The third-order valence-corrected chi connectivity index (χ3v) is 4.58. The van der Waals surface area contributed by atoms with Crippen molar-refractivity contribution >= 4 is 35.7 Å². The zero-order valence-corrected chi connectivity index (χ0v) is 16.1. The maximum absolute atomic E-state index is 12.5. The molecule has 28 heavy (non-hydrogen) atoms. The van der Waals surface area contributed by atoms with E-state index in [0.717, 1.165) is 16.3 Å². The van der Waals surface area contributed by atoms with Crippen LogP contribution < -0.4 is 16.8 Å². The van der Waals surface area contributed by atoms with Crippen molar-refractivity contribution in [2.75, 3.05) is 12.3 Å². The summed E-state index contributed by atoms with van der Waals surface area (Å²) in [6.45, 7) is 0.00584. The standard InChI is InChI=1S/C16H20ClN5O5.ClH/c17-9-3-1-8(2-4-9)6-21-15(25)14-20-7-11(19)22(14)16(26)13(24)12(23)10(5-18)27-16;/h1-4,7,10,12-13,23-24,26H,5-6,18-19H2,(H,21,25);1H/t10-,12-,13-,16-;/m1./s1. The lowest BCUT2D eigenvalue weighted by Crippen LogP contribution is -2.48. The summed E-state index contributed by atoms with van der Waals surface area (Å²) in [5.41, 5.74) is 12.1. The Bertz CT molecular complexity index is 833. The number of halogens is 2.